The van der Waals surface area contributed by atoms with Gasteiger partial charge in [-0.05, 0) is 25.0 Å². The number of guanidine groups is 1. The van der Waals surface area contributed by atoms with Crippen LogP contribution in [0.15, 0.2) is 60.2 Å². The molecule has 1 fully saturated rings. The van der Waals surface area contributed by atoms with Gasteiger partial charge in [0.15, 0.2) is 5.96 Å². The Kier molecular flexibility index (Phi) is 10.9. The lowest BCUT2D eigenvalue weighted by molar-refractivity contribution is -0.122. The molecular weight excluding hydrogens is 531 g/mol. The maximum Gasteiger partial charge on any atom is 0.220 e. The summed E-state index contributed by atoms with van der Waals surface area (Å²) in [5.74, 6) is 2.19. The fourth-order valence-corrected chi connectivity index (χ4v) is 3.75. The van der Waals surface area contributed by atoms with Crippen molar-refractivity contribution >= 4 is 41.7 Å². The van der Waals surface area contributed by atoms with E-state index < -0.39 is 0 Å². The Bertz CT molecular complexity index is 944. The number of nitrogens with two attached hydrogens (primary N) is 1. The molecule has 0 spiro atoms. The Balaban J connectivity index is 0.00000385. The molecule has 2 heterocycles. The van der Waals surface area contributed by atoms with Crippen molar-refractivity contribution in [1.29, 1.82) is 0 Å². The summed E-state index contributed by atoms with van der Waals surface area (Å²) < 4.78 is 5.73. The summed E-state index contributed by atoms with van der Waals surface area (Å²) in [4.78, 5) is 22.6. The molecule has 0 radical (unpaired) electrons. The molecule has 8 nitrogen and oxygen atoms in total. The summed E-state index contributed by atoms with van der Waals surface area (Å²) in [7, 11) is 1.74. The van der Waals surface area contributed by atoms with Crippen molar-refractivity contribution in [1.82, 2.24) is 15.6 Å². The smallest absolute Gasteiger partial charge is 0.220 e. The van der Waals surface area contributed by atoms with Crippen LogP contribution in [0.1, 0.15) is 24.0 Å². The third kappa shape index (κ3) is 7.62. The van der Waals surface area contributed by atoms with Gasteiger partial charge in [-0.1, -0.05) is 36.9 Å². The minimum atomic E-state index is -0.209. The predicted molar refractivity (Wildman–Crippen MR) is 143 cm³/mol. The number of anilines is 1. The zero-order valence-electron chi connectivity index (χ0n) is 19.0. The number of pyridine rings is 1. The molecule has 9 heteroatoms. The molecule has 0 saturated carbocycles. The number of piperidine rings is 1. The van der Waals surface area contributed by atoms with Crippen molar-refractivity contribution in [2.45, 2.75) is 25.9 Å². The highest BCUT2D eigenvalue weighted by atomic mass is 127. The predicted octanol–water partition coefficient (Wildman–Crippen LogP) is 2.83. The monoisotopic (exact) mass is 564 g/mol. The van der Waals surface area contributed by atoms with E-state index in [1.165, 1.54) is 0 Å². The van der Waals surface area contributed by atoms with Crippen LogP contribution < -0.4 is 26.0 Å². The number of benzene rings is 1. The van der Waals surface area contributed by atoms with Gasteiger partial charge in [-0.3, -0.25) is 9.79 Å². The molecule has 1 saturated heterocycles. The Morgan fingerprint density at radius 1 is 1.21 bits per heavy atom. The molecule has 0 bridgehead atoms. The molecule has 1 aromatic carbocycles. The number of rotatable bonds is 9. The normalized spacial score (nSPS) is 14.2. The van der Waals surface area contributed by atoms with Gasteiger partial charge in [-0.25, -0.2) is 4.98 Å². The van der Waals surface area contributed by atoms with E-state index in [-0.39, 0.29) is 35.8 Å². The molecule has 0 aliphatic carbocycles. The molecule has 4 N–H and O–H groups in total. The fourth-order valence-electron chi connectivity index (χ4n) is 3.75. The van der Waals surface area contributed by atoms with E-state index in [2.05, 4.69) is 38.2 Å². The molecule has 1 aliphatic heterocycles. The minimum Gasteiger partial charge on any atom is -0.489 e. The average molecular weight is 564 g/mol. The van der Waals surface area contributed by atoms with Crippen LogP contribution in [0.5, 0.6) is 5.75 Å². The van der Waals surface area contributed by atoms with Gasteiger partial charge in [-0.2, -0.15) is 0 Å². The number of hydrogen-bond acceptors (Lipinski definition) is 5. The summed E-state index contributed by atoms with van der Waals surface area (Å²) in [6.07, 6.45) is 5.05. The standard InChI is InChI=1S/C24H32N6O2.HI/c1-3-15-32-21-9-5-4-7-19(21)16-28-24(26-2)29-17-20-8-6-12-27-23(20)30-13-10-18(11-14-30)22(25)31;/h3-9,12,18H,1,10-11,13-17H2,2H3,(H2,25,31)(H2,26,28,29);1H. The Morgan fingerprint density at radius 2 is 1.88 bits per heavy atom. The molecule has 1 aromatic heterocycles. The molecular formula is C24H33IN6O2. The molecule has 0 atom stereocenters. The van der Waals surface area contributed by atoms with Crippen LogP contribution >= 0.6 is 24.0 Å². The van der Waals surface area contributed by atoms with Crippen molar-refractivity contribution in [3.8, 4) is 5.75 Å². The lowest BCUT2D eigenvalue weighted by Gasteiger charge is -2.32. The van der Waals surface area contributed by atoms with E-state index in [0.29, 0.717) is 25.7 Å². The highest BCUT2D eigenvalue weighted by molar-refractivity contribution is 14.0. The van der Waals surface area contributed by atoms with Crippen LogP contribution in [0.2, 0.25) is 0 Å². The molecule has 0 unspecified atom stereocenters. The van der Waals surface area contributed by atoms with Crippen molar-refractivity contribution < 1.29 is 9.53 Å². The number of amides is 1. The number of halogens is 1. The summed E-state index contributed by atoms with van der Waals surface area (Å²) in [5.41, 5.74) is 7.58. The largest absolute Gasteiger partial charge is 0.489 e. The van der Waals surface area contributed by atoms with Gasteiger partial charge in [0.2, 0.25) is 5.91 Å². The summed E-state index contributed by atoms with van der Waals surface area (Å²) in [6, 6.07) is 11.9. The first kappa shape index (κ1) is 26.4. The van der Waals surface area contributed by atoms with Crippen LogP contribution in [0.3, 0.4) is 0 Å². The fraction of sp³-hybridized carbons (Fsp3) is 0.375. The zero-order chi connectivity index (χ0) is 22.8. The second-order valence-electron chi connectivity index (χ2n) is 7.64. The number of para-hydroxylation sites is 1. The molecule has 1 amide bonds. The molecule has 2 aromatic rings. The van der Waals surface area contributed by atoms with Gasteiger partial charge in [0.05, 0.1) is 0 Å². The number of nitrogens with zero attached hydrogens (tertiary/aromatic N) is 3. The first-order chi connectivity index (χ1) is 15.6. The van der Waals surface area contributed by atoms with Crippen LogP contribution in [-0.2, 0) is 17.9 Å². The highest BCUT2D eigenvalue weighted by Crippen LogP contribution is 2.24. The summed E-state index contributed by atoms with van der Waals surface area (Å²) in [6.45, 7) is 6.86. The lowest BCUT2D eigenvalue weighted by Crippen LogP contribution is -2.40. The van der Waals surface area contributed by atoms with Gasteiger partial charge in [0.1, 0.15) is 18.2 Å². The molecule has 178 valence electrons. The summed E-state index contributed by atoms with van der Waals surface area (Å²) >= 11 is 0. The van der Waals surface area contributed by atoms with Crippen molar-refractivity contribution in [3.05, 3.63) is 66.4 Å². The molecule has 1 aliphatic rings. The Labute approximate surface area is 212 Å². The van der Waals surface area contributed by atoms with Crippen LogP contribution in [-0.4, -0.2) is 43.6 Å². The van der Waals surface area contributed by atoms with Gasteiger partial charge in [0, 0.05) is 56.5 Å². The number of aromatic nitrogens is 1. The van der Waals surface area contributed by atoms with E-state index >= 15 is 0 Å². The van der Waals surface area contributed by atoms with E-state index in [9.17, 15) is 4.79 Å². The van der Waals surface area contributed by atoms with E-state index in [4.69, 9.17) is 10.5 Å². The number of ether oxygens (including phenoxy) is 1. The van der Waals surface area contributed by atoms with Gasteiger partial charge < -0.3 is 26.0 Å². The quantitative estimate of drug-likeness (QED) is 0.187. The van der Waals surface area contributed by atoms with Crippen molar-refractivity contribution in [2.75, 3.05) is 31.6 Å². The molecule has 3 rings (SSSR count). The van der Waals surface area contributed by atoms with Crippen LogP contribution in [0, 0.1) is 5.92 Å². The van der Waals surface area contributed by atoms with Crippen molar-refractivity contribution in [3.63, 3.8) is 0 Å². The second kappa shape index (κ2) is 13.7. The van der Waals surface area contributed by atoms with Gasteiger partial charge in [-0.15, -0.1) is 24.0 Å². The topological polar surface area (TPSA) is 105 Å². The van der Waals surface area contributed by atoms with E-state index in [0.717, 1.165) is 48.6 Å². The SMILES string of the molecule is C=CCOc1ccccc1CNC(=NC)NCc1cccnc1N1CCC(C(N)=O)CC1.I. The zero-order valence-corrected chi connectivity index (χ0v) is 21.3. The minimum absolute atomic E-state index is 0. The second-order valence-corrected chi connectivity index (χ2v) is 7.64. The average Bonchev–Trinajstić information content (AvgIpc) is 2.83. The number of hydrogen-bond donors (Lipinski definition) is 3. The van der Waals surface area contributed by atoms with Crippen LogP contribution in [0.25, 0.3) is 0 Å². The highest BCUT2D eigenvalue weighted by Gasteiger charge is 2.24. The third-order valence-corrected chi connectivity index (χ3v) is 5.51. The number of carbonyl (C=O) groups excluding carboxylic acids is 1. The number of nitrogens with one attached hydrogen (secondary N) is 2. The first-order valence-corrected chi connectivity index (χ1v) is 10.9. The number of carbonyl (C=O) groups is 1. The van der Waals surface area contributed by atoms with Gasteiger partial charge in [0.25, 0.3) is 0 Å². The van der Waals surface area contributed by atoms with E-state index in [1.807, 2.05) is 30.3 Å². The Hall–Kier alpha value is -2.82. The van der Waals surface area contributed by atoms with E-state index in [1.54, 1.807) is 19.3 Å². The molecule has 33 heavy (non-hydrogen) atoms. The third-order valence-electron chi connectivity index (χ3n) is 5.51. The maximum atomic E-state index is 11.5. The summed E-state index contributed by atoms with van der Waals surface area (Å²) in [5, 5.41) is 6.70. The lowest BCUT2D eigenvalue weighted by atomic mass is 9.96. The van der Waals surface area contributed by atoms with Crippen LogP contribution in [0.4, 0.5) is 5.82 Å². The first-order valence-electron chi connectivity index (χ1n) is 10.9. The maximum absolute atomic E-state index is 11.5. The van der Waals surface area contributed by atoms with Gasteiger partial charge >= 0.3 is 0 Å². The number of primary amides is 1. The van der Waals surface area contributed by atoms with Crippen molar-refractivity contribution in [2.24, 2.45) is 16.6 Å². The Morgan fingerprint density at radius 3 is 2.55 bits per heavy atom. The number of aliphatic imine (C=N–C) groups is 1.